The molecule has 0 spiro atoms. The van der Waals surface area contributed by atoms with Gasteiger partial charge in [0.15, 0.2) is 0 Å². The quantitative estimate of drug-likeness (QED) is 0.561. The van der Waals surface area contributed by atoms with Crippen LogP contribution < -0.4 is 10.6 Å². The van der Waals surface area contributed by atoms with E-state index in [9.17, 15) is 9.59 Å². The third-order valence-corrected chi connectivity index (χ3v) is 7.49. The summed E-state index contributed by atoms with van der Waals surface area (Å²) in [7, 11) is 0. The average molecular weight is 529 g/mol. The number of halogens is 4. The Balaban J connectivity index is 1.60. The van der Waals surface area contributed by atoms with Crippen molar-refractivity contribution in [1.82, 2.24) is 15.5 Å². The van der Waals surface area contributed by atoms with E-state index >= 15 is 0 Å². The summed E-state index contributed by atoms with van der Waals surface area (Å²) < 4.78 is 0. The van der Waals surface area contributed by atoms with Gasteiger partial charge in [-0.25, -0.2) is 0 Å². The summed E-state index contributed by atoms with van der Waals surface area (Å²) in [5, 5.41) is 8.31. The van der Waals surface area contributed by atoms with Crippen LogP contribution in [0.4, 0.5) is 0 Å². The van der Waals surface area contributed by atoms with E-state index in [2.05, 4.69) is 10.6 Å². The minimum atomic E-state index is -0.759. The van der Waals surface area contributed by atoms with Crippen LogP contribution >= 0.6 is 46.4 Å². The molecular formula is C24H25Cl4N3O2. The third-order valence-electron chi connectivity index (χ3n) is 6.35. The van der Waals surface area contributed by atoms with Gasteiger partial charge in [0.05, 0.1) is 5.41 Å². The van der Waals surface area contributed by atoms with E-state index in [1.807, 2.05) is 6.92 Å². The molecule has 5 nitrogen and oxygen atoms in total. The van der Waals surface area contributed by atoms with E-state index in [4.69, 9.17) is 46.4 Å². The van der Waals surface area contributed by atoms with Gasteiger partial charge in [0.1, 0.15) is 6.04 Å². The highest BCUT2D eigenvalue weighted by Gasteiger charge is 2.53. The molecule has 33 heavy (non-hydrogen) atoms. The van der Waals surface area contributed by atoms with Crippen LogP contribution in [0, 0.1) is 0 Å². The van der Waals surface area contributed by atoms with Crippen LogP contribution in [-0.4, -0.2) is 48.4 Å². The van der Waals surface area contributed by atoms with Crippen molar-refractivity contribution in [2.45, 2.75) is 43.7 Å². The molecule has 0 bridgehead atoms. The highest BCUT2D eigenvalue weighted by atomic mass is 35.5. The summed E-state index contributed by atoms with van der Waals surface area (Å²) in [4.78, 5) is 28.8. The highest BCUT2D eigenvalue weighted by Crippen LogP contribution is 2.51. The zero-order valence-electron chi connectivity index (χ0n) is 18.1. The van der Waals surface area contributed by atoms with E-state index < -0.39 is 11.5 Å². The minimum Gasteiger partial charge on any atom is -0.343 e. The van der Waals surface area contributed by atoms with E-state index in [1.165, 1.54) is 0 Å². The Labute approximate surface area is 213 Å². The third kappa shape index (κ3) is 5.44. The Hall–Kier alpha value is -1.50. The van der Waals surface area contributed by atoms with Crippen molar-refractivity contribution < 1.29 is 9.59 Å². The molecule has 2 fully saturated rings. The predicted octanol–water partition coefficient (Wildman–Crippen LogP) is 4.88. The Bertz CT molecular complexity index is 1070. The molecule has 1 heterocycles. The number of rotatable bonds is 6. The molecule has 2 aliphatic rings. The summed E-state index contributed by atoms with van der Waals surface area (Å²) >= 11 is 24.9. The summed E-state index contributed by atoms with van der Waals surface area (Å²) in [5.74, 6) is -0.334. The van der Waals surface area contributed by atoms with Gasteiger partial charge in [-0.3, -0.25) is 9.59 Å². The van der Waals surface area contributed by atoms with Crippen LogP contribution in [0.15, 0.2) is 36.4 Å². The Morgan fingerprint density at radius 2 is 1.76 bits per heavy atom. The molecule has 176 valence electrons. The Morgan fingerprint density at radius 3 is 2.36 bits per heavy atom. The minimum absolute atomic E-state index is 0.124. The second-order valence-corrected chi connectivity index (χ2v) is 10.5. The molecule has 1 saturated carbocycles. The fourth-order valence-corrected chi connectivity index (χ4v) is 5.45. The van der Waals surface area contributed by atoms with Crippen molar-refractivity contribution >= 4 is 58.2 Å². The lowest BCUT2D eigenvalue weighted by Crippen LogP contribution is -2.58. The first-order chi connectivity index (χ1) is 15.7. The number of nitrogens with one attached hydrogen (secondary N) is 2. The van der Waals surface area contributed by atoms with Gasteiger partial charge in [0.25, 0.3) is 0 Å². The van der Waals surface area contributed by atoms with Gasteiger partial charge in [0, 0.05) is 52.2 Å². The molecule has 2 N–H and O–H groups in total. The van der Waals surface area contributed by atoms with E-state index in [0.29, 0.717) is 52.6 Å². The fraction of sp³-hybridized carbons (Fsp3) is 0.417. The maximum Gasteiger partial charge on any atom is 0.245 e. The van der Waals surface area contributed by atoms with Gasteiger partial charge in [-0.05, 0) is 55.2 Å². The zero-order valence-corrected chi connectivity index (χ0v) is 21.2. The van der Waals surface area contributed by atoms with Crippen LogP contribution in [0.5, 0.6) is 0 Å². The lowest BCUT2D eigenvalue weighted by atomic mass is 9.93. The molecule has 0 radical (unpaired) electrons. The average Bonchev–Trinajstić information content (AvgIpc) is 3.56. The van der Waals surface area contributed by atoms with Crippen molar-refractivity contribution in [3.05, 3.63) is 67.6 Å². The number of nitrogens with zero attached hydrogens (tertiary/aromatic N) is 1. The SMILES string of the molecule is C[C@H]1CN(C(=O)[C@H](Cc2ccc(Cl)cc2Cl)NC(=O)C2(c3ccc(Cl)cc3Cl)CC2)CCN1. The maximum atomic E-state index is 13.5. The second kappa shape index (κ2) is 10.0. The molecule has 2 amide bonds. The maximum absolute atomic E-state index is 13.5. The van der Waals surface area contributed by atoms with Crippen LogP contribution in [-0.2, 0) is 21.4 Å². The predicted molar refractivity (Wildman–Crippen MR) is 134 cm³/mol. The van der Waals surface area contributed by atoms with Crippen LogP contribution in [0.3, 0.4) is 0 Å². The topological polar surface area (TPSA) is 61.4 Å². The molecule has 1 saturated heterocycles. The molecule has 4 rings (SSSR count). The Kier molecular flexibility index (Phi) is 7.47. The Morgan fingerprint density at radius 1 is 1.09 bits per heavy atom. The number of carbonyl (C=O) groups is 2. The van der Waals surface area contributed by atoms with Crippen molar-refractivity contribution in [2.75, 3.05) is 19.6 Å². The van der Waals surface area contributed by atoms with Gasteiger partial charge in [-0.2, -0.15) is 0 Å². The highest BCUT2D eigenvalue weighted by molar-refractivity contribution is 6.35. The monoisotopic (exact) mass is 527 g/mol. The fourth-order valence-electron chi connectivity index (χ4n) is 4.38. The van der Waals surface area contributed by atoms with Gasteiger partial charge >= 0.3 is 0 Å². The number of piperazine rings is 1. The second-order valence-electron chi connectivity index (χ2n) is 8.81. The van der Waals surface area contributed by atoms with Crippen molar-refractivity contribution in [3.63, 3.8) is 0 Å². The molecule has 1 aliphatic carbocycles. The lowest BCUT2D eigenvalue weighted by Gasteiger charge is -2.35. The molecule has 2 aromatic carbocycles. The lowest BCUT2D eigenvalue weighted by molar-refractivity contribution is -0.138. The standard InChI is InChI=1S/C24H25Cl4N3O2/c1-14-13-31(9-8-29-14)22(32)21(10-15-2-3-16(25)11-19(15)27)30-23(33)24(6-7-24)18-5-4-17(26)12-20(18)28/h2-5,11-12,14,21,29H,6-10,13H2,1H3,(H,30,33)/t14-,21-/m0/s1. The normalized spacial score (nSPS) is 20.3. The van der Waals surface area contributed by atoms with Crippen molar-refractivity contribution in [1.29, 1.82) is 0 Å². The summed E-state index contributed by atoms with van der Waals surface area (Å²) in [6, 6.07) is 9.76. The molecule has 9 heteroatoms. The van der Waals surface area contributed by atoms with Gasteiger partial charge < -0.3 is 15.5 Å². The smallest absolute Gasteiger partial charge is 0.245 e. The van der Waals surface area contributed by atoms with E-state index in [0.717, 1.165) is 11.1 Å². The zero-order chi connectivity index (χ0) is 23.8. The van der Waals surface area contributed by atoms with E-state index in [-0.39, 0.29) is 24.3 Å². The molecule has 0 aromatic heterocycles. The number of benzene rings is 2. The first-order valence-electron chi connectivity index (χ1n) is 10.9. The van der Waals surface area contributed by atoms with Crippen molar-refractivity contribution in [3.8, 4) is 0 Å². The largest absolute Gasteiger partial charge is 0.343 e. The first-order valence-corrected chi connectivity index (χ1v) is 12.4. The number of amides is 2. The van der Waals surface area contributed by atoms with Gasteiger partial charge in [0.2, 0.25) is 11.8 Å². The number of hydrogen-bond acceptors (Lipinski definition) is 3. The summed E-state index contributed by atoms with van der Waals surface area (Å²) in [5.41, 5.74) is 0.732. The molecular weight excluding hydrogens is 504 g/mol. The molecule has 2 aromatic rings. The van der Waals surface area contributed by atoms with E-state index in [1.54, 1.807) is 41.3 Å². The number of carbonyl (C=O) groups excluding carboxylic acids is 2. The summed E-state index contributed by atoms with van der Waals surface area (Å²) in [6.07, 6.45) is 1.59. The van der Waals surface area contributed by atoms with Gasteiger partial charge in [-0.1, -0.05) is 58.5 Å². The van der Waals surface area contributed by atoms with Crippen molar-refractivity contribution in [2.24, 2.45) is 0 Å². The van der Waals surface area contributed by atoms with Crippen LogP contribution in [0.1, 0.15) is 30.9 Å². The van der Waals surface area contributed by atoms with Crippen LogP contribution in [0.2, 0.25) is 20.1 Å². The summed E-state index contributed by atoms with van der Waals surface area (Å²) in [6.45, 7) is 3.90. The number of hydrogen-bond donors (Lipinski definition) is 2. The molecule has 1 aliphatic heterocycles. The van der Waals surface area contributed by atoms with Crippen LogP contribution in [0.25, 0.3) is 0 Å². The molecule has 0 unspecified atom stereocenters. The first kappa shape index (κ1) is 24.6. The molecule has 2 atom stereocenters. The van der Waals surface area contributed by atoms with Gasteiger partial charge in [-0.15, -0.1) is 0 Å².